The molecule has 0 bridgehead atoms. The topological polar surface area (TPSA) is 134 Å². The molecule has 0 unspecified atom stereocenters. The Morgan fingerprint density at radius 2 is 1.86 bits per heavy atom. The van der Waals surface area contributed by atoms with E-state index >= 15 is 0 Å². The van der Waals surface area contributed by atoms with Crippen LogP contribution in [0.1, 0.15) is 11.4 Å². The number of non-ortho nitro benzene ring substituents is 1. The first-order chi connectivity index (χ1) is 13.3. The summed E-state index contributed by atoms with van der Waals surface area (Å²) in [4.78, 5) is 10.4. The molecule has 0 spiro atoms. The van der Waals surface area contributed by atoms with Gasteiger partial charge in [-0.05, 0) is 36.4 Å². The van der Waals surface area contributed by atoms with Crippen molar-refractivity contribution in [1.82, 2.24) is 14.8 Å². The second-order valence-corrected chi connectivity index (χ2v) is 8.26. The Bertz CT molecular complexity index is 1110. The van der Waals surface area contributed by atoms with Crippen molar-refractivity contribution >= 4 is 27.1 Å². The van der Waals surface area contributed by atoms with E-state index in [0.29, 0.717) is 23.0 Å². The highest BCUT2D eigenvalue weighted by Gasteiger charge is 2.26. The summed E-state index contributed by atoms with van der Waals surface area (Å²) in [5.41, 5.74) is 6.22. The van der Waals surface area contributed by atoms with Gasteiger partial charge in [-0.25, -0.2) is 8.42 Å². The minimum Gasteiger partial charge on any atom is -0.330 e. The molecule has 0 aliphatic carbocycles. The predicted octanol–water partition coefficient (Wildman–Crippen LogP) is 2.30. The highest BCUT2D eigenvalue weighted by atomic mass is 35.5. The van der Waals surface area contributed by atoms with Gasteiger partial charge in [-0.3, -0.25) is 14.7 Å². The Labute approximate surface area is 165 Å². The van der Waals surface area contributed by atoms with Crippen molar-refractivity contribution < 1.29 is 13.3 Å². The average molecular weight is 422 g/mol. The van der Waals surface area contributed by atoms with Crippen molar-refractivity contribution in [2.24, 2.45) is 5.73 Å². The third-order valence-electron chi connectivity index (χ3n) is 3.91. The van der Waals surface area contributed by atoms with Crippen LogP contribution in [0.2, 0.25) is 5.02 Å². The fourth-order valence-corrected chi connectivity index (χ4v) is 4.21. The Morgan fingerprint density at radius 3 is 2.50 bits per heavy atom. The summed E-state index contributed by atoms with van der Waals surface area (Å²) >= 11 is 5.92. The van der Waals surface area contributed by atoms with E-state index < -0.39 is 20.5 Å². The summed E-state index contributed by atoms with van der Waals surface area (Å²) in [5.74, 6) is -0.0642. The quantitative estimate of drug-likeness (QED) is 0.456. The monoisotopic (exact) mass is 421 g/mol. The second kappa shape index (κ2) is 8.05. The molecular formula is C17H16ClN5O4S. The van der Waals surface area contributed by atoms with E-state index in [1.807, 2.05) is 0 Å². The summed E-state index contributed by atoms with van der Waals surface area (Å²) < 4.78 is 27.4. The van der Waals surface area contributed by atoms with E-state index in [2.05, 4.69) is 10.2 Å². The summed E-state index contributed by atoms with van der Waals surface area (Å²) in [5, 5.41) is 19.0. The van der Waals surface area contributed by atoms with Gasteiger partial charge in [-0.1, -0.05) is 23.7 Å². The first-order valence-corrected chi connectivity index (χ1v) is 10.2. The molecule has 0 amide bonds. The number of hydrogen-bond acceptors (Lipinski definition) is 7. The van der Waals surface area contributed by atoms with E-state index in [0.717, 1.165) is 0 Å². The van der Waals surface area contributed by atoms with Crippen LogP contribution in [-0.2, 0) is 22.0 Å². The smallest absolute Gasteiger partial charge is 0.269 e. The van der Waals surface area contributed by atoms with Crippen molar-refractivity contribution in [3.8, 4) is 5.69 Å². The van der Waals surface area contributed by atoms with Gasteiger partial charge < -0.3 is 5.73 Å². The van der Waals surface area contributed by atoms with E-state index in [9.17, 15) is 18.5 Å². The second-order valence-electron chi connectivity index (χ2n) is 5.94. The third-order valence-corrected chi connectivity index (χ3v) is 5.70. The lowest BCUT2D eigenvalue weighted by Gasteiger charge is -2.11. The molecule has 28 heavy (non-hydrogen) atoms. The fraction of sp³-hybridized carbons (Fsp3) is 0.176. The van der Waals surface area contributed by atoms with E-state index in [1.165, 1.54) is 28.8 Å². The molecular weight excluding hydrogens is 406 g/mol. The number of sulfone groups is 1. The third kappa shape index (κ3) is 4.19. The van der Waals surface area contributed by atoms with Crippen LogP contribution >= 0.6 is 11.6 Å². The number of aromatic nitrogens is 3. The van der Waals surface area contributed by atoms with Gasteiger partial charge >= 0.3 is 0 Å². The van der Waals surface area contributed by atoms with Gasteiger partial charge in [0.25, 0.3) is 10.8 Å². The van der Waals surface area contributed by atoms with Gasteiger partial charge in [0.15, 0.2) is 0 Å². The van der Waals surface area contributed by atoms with Crippen LogP contribution in [-0.4, -0.2) is 34.7 Å². The molecule has 146 valence electrons. The van der Waals surface area contributed by atoms with Crippen molar-refractivity contribution in [2.75, 3.05) is 6.54 Å². The molecule has 0 fully saturated rings. The number of nitro groups is 1. The molecule has 0 aliphatic rings. The first kappa shape index (κ1) is 19.9. The molecule has 0 radical (unpaired) electrons. The largest absolute Gasteiger partial charge is 0.330 e. The van der Waals surface area contributed by atoms with Crippen molar-refractivity contribution in [2.45, 2.75) is 17.3 Å². The minimum absolute atomic E-state index is 0.185. The normalized spacial score (nSPS) is 11.5. The zero-order valence-electron chi connectivity index (χ0n) is 14.5. The van der Waals surface area contributed by atoms with Gasteiger partial charge in [0.05, 0.1) is 10.7 Å². The molecule has 2 aromatic carbocycles. The number of hydrogen-bond donors (Lipinski definition) is 1. The Hall–Kier alpha value is -2.82. The molecule has 2 N–H and O–H groups in total. The molecule has 0 aliphatic heterocycles. The minimum atomic E-state index is -3.95. The molecule has 11 heteroatoms. The number of rotatable bonds is 7. The van der Waals surface area contributed by atoms with Crippen LogP contribution in [0.3, 0.4) is 0 Å². The zero-order valence-corrected chi connectivity index (χ0v) is 16.1. The van der Waals surface area contributed by atoms with Gasteiger partial charge in [0, 0.05) is 29.3 Å². The fourth-order valence-electron chi connectivity index (χ4n) is 2.69. The van der Waals surface area contributed by atoms with Crippen LogP contribution in [0.4, 0.5) is 5.69 Å². The van der Waals surface area contributed by atoms with Gasteiger partial charge in [0.2, 0.25) is 9.84 Å². The highest BCUT2D eigenvalue weighted by Crippen LogP contribution is 2.23. The van der Waals surface area contributed by atoms with Crippen molar-refractivity contribution in [1.29, 1.82) is 0 Å². The molecule has 1 heterocycles. The van der Waals surface area contributed by atoms with Crippen LogP contribution in [0.5, 0.6) is 0 Å². The molecule has 9 nitrogen and oxygen atoms in total. The number of nitrogens with two attached hydrogens (primary N) is 1. The lowest BCUT2D eigenvalue weighted by atomic mass is 10.2. The van der Waals surface area contributed by atoms with Gasteiger partial charge in [0.1, 0.15) is 5.82 Å². The predicted molar refractivity (Wildman–Crippen MR) is 103 cm³/mol. The van der Waals surface area contributed by atoms with Gasteiger partial charge in [-0.15, -0.1) is 10.2 Å². The number of benzene rings is 2. The molecule has 0 atom stereocenters. The molecule has 1 aromatic heterocycles. The zero-order chi connectivity index (χ0) is 20.3. The van der Waals surface area contributed by atoms with E-state index in [-0.39, 0.29) is 23.0 Å². The maximum Gasteiger partial charge on any atom is 0.269 e. The lowest BCUT2D eigenvalue weighted by Crippen LogP contribution is -2.15. The molecule has 0 saturated heterocycles. The lowest BCUT2D eigenvalue weighted by molar-refractivity contribution is -0.384. The summed E-state index contributed by atoms with van der Waals surface area (Å²) in [6.07, 6.45) is 0.321. The summed E-state index contributed by atoms with van der Waals surface area (Å²) in [6.45, 7) is 0.261. The van der Waals surface area contributed by atoms with Crippen LogP contribution in [0.15, 0.2) is 53.7 Å². The Morgan fingerprint density at radius 1 is 1.14 bits per heavy atom. The van der Waals surface area contributed by atoms with E-state index in [4.69, 9.17) is 17.3 Å². The van der Waals surface area contributed by atoms with Crippen molar-refractivity contribution in [3.63, 3.8) is 0 Å². The van der Waals surface area contributed by atoms with Crippen LogP contribution in [0, 0.1) is 10.1 Å². The first-order valence-electron chi connectivity index (χ1n) is 8.18. The Kier molecular flexibility index (Phi) is 5.73. The van der Waals surface area contributed by atoms with Crippen molar-refractivity contribution in [3.05, 3.63) is 75.1 Å². The molecule has 0 saturated carbocycles. The average Bonchev–Trinajstić information content (AvgIpc) is 3.07. The Balaban J connectivity index is 2.05. The van der Waals surface area contributed by atoms with Crippen LogP contribution < -0.4 is 5.73 Å². The van der Waals surface area contributed by atoms with Crippen LogP contribution in [0.25, 0.3) is 5.69 Å². The van der Waals surface area contributed by atoms with E-state index in [1.54, 1.807) is 24.3 Å². The maximum absolute atomic E-state index is 13.0. The number of nitrogens with zero attached hydrogens (tertiary/aromatic N) is 4. The summed E-state index contributed by atoms with van der Waals surface area (Å²) in [6, 6.07) is 12.0. The SMILES string of the molecule is NCCc1nnc(S(=O)(=O)Cc2cccc([N+](=O)[O-])c2)n1-c1ccc(Cl)cc1. The molecule has 3 aromatic rings. The molecule has 3 rings (SSSR count). The number of nitro benzene ring substituents is 1. The standard InChI is InChI=1S/C17H16ClN5O4S/c18-13-4-6-14(7-5-13)22-16(8-9-19)20-21-17(22)28(26,27)11-12-2-1-3-15(10-12)23(24)25/h1-7,10H,8-9,11,19H2. The van der Waals surface area contributed by atoms with Gasteiger partial charge in [-0.2, -0.15) is 0 Å². The highest BCUT2D eigenvalue weighted by molar-refractivity contribution is 7.90. The maximum atomic E-state index is 13.0. The number of halogens is 1. The summed E-state index contributed by atoms with van der Waals surface area (Å²) in [7, 11) is -3.95.